The third kappa shape index (κ3) is 4.61. The molecule has 0 saturated heterocycles. The Hall–Kier alpha value is -1.23. The van der Waals surface area contributed by atoms with E-state index in [-0.39, 0.29) is 11.9 Å². The van der Waals surface area contributed by atoms with Gasteiger partial charge in [-0.2, -0.15) is 5.26 Å². The molecular weight excluding hydrogens is 472 g/mol. The number of benzene rings is 2. The van der Waals surface area contributed by atoms with Crippen molar-refractivity contribution in [1.29, 1.82) is 5.26 Å². The molecule has 1 atom stereocenters. The summed E-state index contributed by atoms with van der Waals surface area (Å²) in [6, 6.07) is 10.3. The van der Waals surface area contributed by atoms with Crippen molar-refractivity contribution in [3.05, 3.63) is 62.4 Å². The van der Waals surface area contributed by atoms with Gasteiger partial charge in [0.05, 0.1) is 20.5 Å². The Labute approximate surface area is 179 Å². The van der Waals surface area contributed by atoms with Crippen molar-refractivity contribution in [3.8, 4) is 6.07 Å². The zero-order valence-electron chi connectivity index (χ0n) is 14.3. The van der Waals surface area contributed by atoms with Gasteiger partial charge in [-0.05, 0) is 48.7 Å². The van der Waals surface area contributed by atoms with Crippen LogP contribution in [0.3, 0.4) is 0 Å². The molecule has 0 unspecified atom stereocenters. The highest BCUT2D eigenvalue weighted by Crippen LogP contribution is 2.36. The molecule has 0 amide bonds. The molecule has 1 N–H and O–H groups in total. The first kappa shape index (κ1) is 20.5. The fraction of sp³-hybridized carbons (Fsp3) is 0.211. The smallest absolute Gasteiger partial charge is 0.124 e. The first-order chi connectivity index (χ1) is 12.9. The van der Waals surface area contributed by atoms with Gasteiger partial charge in [-0.1, -0.05) is 46.1 Å². The van der Waals surface area contributed by atoms with E-state index in [1.165, 1.54) is 24.1 Å². The van der Waals surface area contributed by atoms with Gasteiger partial charge in [0.2, 0.25) is 0 Å². The predicted octanol–water partition coefficient (Wildman–Crippen LogP) is 6.80. The second kappa shape index (κ2) is 8.85. The summed E-state index contributed by atoms with van der Waals surface area (Å²) in [6.07, 6.45) is 2.61. The molecule has 140 valence electrons. The van der Waals surface area contributed by atoms with Gasteiger partial charge >= 0.3 is 0 Å². The number of nitrogens with one attached hydrogen (secondary N) is 1. The van der Waals surface area contributed by atoms with Crippen LogP contribution in [0.1, 0.15) is 18.9 Å². The molecule has 1 heterocycles. The van der Waals surface area contributed by atoms with E-state index in [2.05, 4.69) is 33.6 Å². The van der Waals surface area contributed by atoms with E-state index in [9.17, 15) is 9.65 Å². The van der Waals surface area contributed by atoms with Crippen molar-refractivity contribution >= 4 is 62.0 Å². The summed E-state index contributed by atoms with van der Waals surface area (Å²) in [5.41, 5.74) is 1.30. The second-order valence-corrected chi connectivity index (χ2v) is 8.57. The Morgan fingerprint density at radius 2 is 2.00 bits per heavy atom. The van der Waals surface area contributed by atoms with Crippen molar-refractivity contribution in [2.75, 3.05) is 0 Å². The zero-order valence-corrected chi connectivity index (χ0v) is 18.2. The molecule has 8 heteroatoms. The Morgan fingerprint density at radius 3 is 2.63 bits per heavy atom. The Balaban J connectivity index is 1.80. The number of nitriles is 1. The van der Waals surface area contributed by atoms with Gasteiger partial charge in [0, 0.05) is 34.2 Å². The number of halogens is 4. The molecule has 0 bridgehead atoms. The summed E-state index contributed by atoms with van der Waals surface area (Å²) in [6.45, 7) is 2.69. The van der Waals surface area contributed by atoms with Crippen LogP contribution < -0.4 is 4.72 Å². The largest absolute Gasteiger partial charge is 0.345 e. The van der Waals surface area contributed by atoms with Gasteiger partial charge in [0.1, 0.15) is 11.9 Å². The minimum absolute atomic E-state index is 0.0953. The van der Waals surface area contributed by atoms with Gasteiger partial charge < -0.3 is 4.57 Å². The van der Waals surface area contributed by atoms with Crippen molar-refractivity contribution in [2.24, 2.45) is 0 Å². The molecule has 2 aromatic carbocycles. The predicted molar refractivity (Wildman–Crippen MR) is 114 cm³/mol. The molecule has 27 heavy (non-hydrogen) atoms. The van der Waals surface area contributed by atoms with Crippen LogP contribution in [0.4, 0.5) is 4.39 Å². The number of nitrogens with zero attached hydrogens (tertiary/aromatic N) is 2. The van der Waals surface area contributed by atoms with Crippen molar-refractivity contribution in [1.82, 2.24) is 9.29 Å². The van der Waals surface area contributed by atoms with Crippen LogP contribution in [0.2, 0.25) is 10.0 Å². The van der Waals surface area contributed by atoms with Crippen LogP contribution in [0.25, 0.3) is 10.9 Å². The van der Waals surface area contributed by atoms with E-state index in [0.717, 1.165) is 21.3 Å². The Morgan fingerprint density at radius 1 is 1.30 bits per heavy atom. The molecule has 0 saturated carbocycles. The van der Waals surface area contributed by atoms with E-state index >= 15 is 0 Å². The van der Waals surface area contributed by atoms with Gasteiger partial charge in [-0.3, -0.25) is 4.72 Å². The standard InChI is InChI=1S/C19H15BrCl2FN3S/c1-2-14(25-27-19-16(21)5-12(20)6-17(19)22)10-26-9-11(8-24)15-7-13(23)3-4-18(15)26/h3-7,9,14,25H,2,10H2,1H3/t14-/m0/s1. The lowest BCUT2D eigenvalue weighted by atomic mass is 10.2. The van der Waals surface area contributed by atoms with E-state index in [1.54, 1.807) is 24.4 Å². The van der Waals surface area contributed by atoms with Crippen LogP contribution in [0.5, 0.6) is 0 Å². The summed E-state index contributed by atoms with van der Waals surface area (Å²) in [4.78, 5) is 0.761. The van der Waals surface area contributed by atoms with E-state index in [4.69, 9.17) is 23.2 Å². The molecule has 0 fully saturated rings. The van der Waals surface area contributed by atoms with Crippen molar-refractivity contribution in [3.63, 3.8) is 0 Å². The van der Waals surface area contributed by atoms with Crippen molar-refractivity contribution < 1.29 is 4.39 Å². The lowest BCUT2D eigenvalue weighted by molar-refractivity contribution is 0.522. The highest BCUT2D eigenvalue weighted by molar-refractivity contribution is 9.10. The summed E-state index contributed by atoms with van der Waals surface area (Å²) < 4.78 is 19.7. The van der Waals surface area contributed by atoms with Crippen LogP contribution in [0.15, 0.2) is 45.9 Å². The van der Waals surface area contributed by atoms with Crippen LogP contribution in [0, 0.1) is 17.1 Å². The van der Waals surface area contributed by atoms with Crippen molar-refractivity contribution in [2.45, 2.75) is 30.8 Å². The molecule has 3 rings (SSSR count). The SMILES string of the molecule is CC[C@@H](Cn1cc(C#N)c2cc(F)ccc21)NSc1c(Cl)cc(Br)cc1Cl. The molecule has 1 aromatic heterocycles. The lowest BCUT2D eigenvalue weighted by Gasteiger charge is -2.18. The normalized spacial score (nSPS) is 12.3. The van der Waals surface area contributed by atoms with E-state index in [1.807, 2.05) is 4.57 Å². The number of rotatable bonds is 6. The minimum Gasteiger partial charge on any atom is -0.345 e. The maximum atomic E-state index is 13.5. The number of hydrogen-bond acceptors (Lipinski definition) is 3. The average molecular weight is 487 g/mol. The summed E-state index contributed by atoms with van der Waals surface area (Å²) in [5.74, 6) is -0.350. The zero-order chi connectivity index (χ0) is 19.6. The minimum atomic E-state index is -0.350. The van der Waals surface area contributed by atoms with Gasteiger partial charge in [0.25, 0.3) is 0 Å². The number of aromatic nitrogens is 1. The molecule has 0 aliphatic heterocycles. The van der Waals surface area contributed by atoms with Gasteiger partial charge in [-0.25, -0.2) is 4.39 Å². The molecule has 3 nitrogen and oxygen atoms in total. The molecule has 0 aliphatic carbocycles. The molecule has 0 radical (unpaired) electrons. The first-order valence-corrected chi connectivity index (χ1v) is 10.5. The summed E-state index contributed by atoms with van der Waals surface area (Å²) in [5, 5.41) is 11.1. The maximum Gasteiger partial charge on any atom is 0.124 e. The van der Waals surface area contributed by atoms with Crippen LogP contribution in [-0.4, -0.2) is 10.6 Å². The van der Waals surface area contributed by atoms with Crippen LogP contribution >= 0.6 is 51.1 Å². The number of hydrogen-bond donors (Lipinski definition) is 1. The monoisotopic (exact) mass is 485 g/mol. The highest BCUT2D eigenvalue weighted by atomic mass is 79.9. The Kier molecular flexibility index (Phi) is 6.72. The lowest BCUT2D eigenvalue weighted by Crippen LogP contribution is -2.27. The number of fused-ring (bicyclic) bond motifs is 1. The maximum absolute atomic E-state index is 13.5. The molecule has 0 aliphatic rings. The molecule has 3 aromatic rings. The van der Waals surface area contributed by atoms with Crippen LogP contribution in [-0.2, 0) is 6.54 Å². The van der Waals surface area contributed by atoms with E-state index in [0.29, 0.717) is 27.5 Å². The van der Waals surface area contributed by atoms with E-state index < -0.39 is 0 Å². The van der Waals surface area contributed by atoms with Gasteiger partial charge in [0.15, 0.2) is 0 Å². The fourth-order valence-electron chi connectivity index (χ4n) is 2.77. The quantitative estimate of drug-likeness (QED) is 0.389. The topological polar surface area (TPSA) is 40.8 Å². The average Bonchev–Trinajstić information content (AvgIpc) is 2.96. The molecule has 0 spiro atoms. The van der Waals surface area contributed by atoms with Gasteiger partial charge in [-0.15, -0.1) is 0 Å². The summed E-state index contributed by atoms with van der Waals surface area (Å²) >= 11 is 17.3. The second-order valence-electron chi connectivity index (χ2n) is 5.99. The third-order valence-corrected chi connectivity index (χ3v) is 6.54. The molecular formula is C19H15BrCl2FN3S. The summed E-state index contributed by atoms with van der Waals surface area (Å²) in [7, 11) is 0. The highest BCUT2D eigenvalue weighted by Gasteiger charge is 2.15. The first-order valence-electron chi connectivity index (χ1n) is 8.18. The third-order valence-electron chi connectivity index (χ3n) is 4.16. The Bertz CT molecular complexity index is 1010. The fourth-order valence-corrected chi connectivity index (χ4v) is 5.04.